The molecule has 0 aliphatic heterocycles. The van der Waals surface area contributed by atoms with Gasteiger partial charge in [-0.2, -0.15) is 0 Å². The molecule has 0 unspecified atom stereocenters. The summed E-state index contributed by atoms with van der Waals surface area (Å²) in [6.45, 7) is -0.0922. The van der Waals surface area contributed by atoms with Crippen LogP contribution in [0.25, 0.3) is 0 Å². The van der Waals surface area contributed by atoms with Crippen molar-refractivity contribution in [3.63, 3.8) is 0 Å². The monoisotopic (exact) mass is 301 g/mol. The van der Waals surface area contributed by atoms with Gasteiger partial charge < -0.3 is 5.11 Å². The van der Waals surface area contributed by atoms with Crippen molar-refractivity contribution in [2.75, 3.05) is 0 Å². The molecule has 0 amide bonds. The lowest BCUT2D eigenvalue weighted by molar-refractivity contribution is 0.285. The first-order valence-corrected chi connectivity index (χ1v) is 7.80. The summed E-state index contributed by atoms with van der Waals surface area (Å²) >= 11 is 1.18. The first-order chi connectivity index (χ1) is 9.01. The van der Waals surface area contributed by atoms with Crippen molar-refractivity contribution in [2.24, 2.45) is 0 Å². The molecular weight excluding hydrogens is 289 g/mol. The van der Waals surface area contributed by atoms with E-state index in [9.17, 15) is 12.8 Å². The Labute approximate surface area is 114 Å². The van der Waals surface area contributed by atoms with Gasteiger partial charge >= 0.3 is 0 Å². The van der Waals surface area contributed by atoms with Gasteiger partial charge in [-0.25, -0.2) is 17.5 Å². The number of thiophene rings is 1. The molecule has 2 rings (SSSR count). The van der Waals surface area contributed by atoms with Gasteiger partial charge in [0.05, 0.1) is 11.5 Å². The molecule has 2 N–H and O–H groups in total. The number of hydrogen-bond donors (Lipinski definition) is 2. The normalized spacial score (nSPS) is 11.7. The van der Waals surface area contributed by atoms with Gasteiger partial charge in [-0.05, 0) is 23.8 Å². The van der Waals surface area contributed by atoms with Crippen LogP contribution in [0.5, 0.6) is 0 Å². The zero-order chi connectivity index (χ0) is 13.9. The Morgan fingerprint density at radius 3 is 2.53 bits per heavy atom. The minimum Gasteiger partial charge on any atom is -0.391 e. The lowest BCUT2D eigenvalue weighted by atomic mass is 10.2. The van der Waals surface area contributed by atoms with Crippen LogP contribution in [0.2, 0.25) is 0 Å². The number of aliphatic hydroxyl groups is 1. The standard InChI is InChI=1S/C12H12FNO3S2/c13-10-3-1-9(2-4-10)6-14-19(16,17)12-5-11(7-15)18-8-12/h1-5,8,14-15H,6-7H2. The fourth-order valence-corrected chi connectivity index (χ4v) is 3.60. The summed E-state index contributed by atoms with van der Waals surface area (Å²) in [6, 6.07) is 7.02. The molecule has 0 bridgehead atoms. The summed E-state index contributed by atoms with van der Waals surface area (Å²) in [5, 5.41) is 10.4. The van der Waals surface area contributed by atoms with Gasteiger partial charge in [0.1, 0.15) is 5.82 Å². The summed E-state index contributed by atoms with van der Waals surface area (Å²) in [6.07, 6.45) is 0. The van der Waals surface area contributed by atoms with Crippen LogP contribution in [0.15, 0.2) is 40.6 Å². The number of hydrogen-bond acceptors (Lipinski definition) is 4. The average Bonchev–Trinajstić information content (AvgIpc) is 2.88. The van der Waals surface area contributed by atoms with Gasteiger partial charge in [0, 0.05) is 16.8 Å². The largest absolute Gasteiger partial charge is 0.391 e. The molecule has 0 atom stereocenters. The Hall–Kier alpha value is -1.28. The molecule has 0 radical (unpaired) electrons. The third-order valence-electron chi connectivity index (χ3n) is 2.48. The van der Waals surface area contributed by atoms with Gasteiger partial charge in [0.2, 0.25) is 10.0 Å². The minimum absolute atomic E-state index is 0.0902. The topological polar surface area (TPSA) is 66.4 Å². The van der Waals surface area contributed by atoms with Crippen molar-refractivity contribution in [3.05, 3.63) is 52.0 Å². The van der Waals surface area contributed by atoms with Gasteiger partial charge in [0.15, 0.2) is 0 Å². The number of aliphatic hydroxyl groups excluding tert-OH is 1. The third kappa shape index (κ3) is 3.60. The average molecular weight is 301 g/mol. The molecule has 0 aliphatic carbocycles. The van der Waals surface area contributed by atoms with Crippen molar-refractivity contribution < 1.29 is 17.9 Å². The highest BCUT2D eigenvalue weighted by atomic mass is 32.2. The molecule has 1 heterocycles. The second kappa shape index (κ2) is 5.79. The van der Waals surface area contributed by atoms with Gasteiger partial charge in [0.25, 0.3) is 0 Å². The van der Waals surface area contributed by atoms with Crippen molar-refractivity contribution >= 4 is 21.4 Å². The lowest BCUT2D eigenvalue weighted by Crippen LogP contribution is -2.22. The molecule has 0 saturated carbocycles. The molecular formula is C12H12FNO3S2. The number of benzene rings is 1. The molecule has 7 heteroatoms. The molecule has 1 aromatic carbocycles. The molecule has 2 aromatic rings. The predicted octanol–water partition coefficient (Wildman–Crippen LogP) is 1.86. The Morgan fingerprint density at radius 1 is 1.26 bits per heavy atom. The van der Waals surface area contributed by atoms with E-state index in [1.807, 2.05) is 0 Å². The van der Waals surface area contributed by atoms with Crippen molar-refractivity contribution in [1.29, 1.82) is 0 Å². The van der Waals surface area contributed by atoms with E-state index >= 15 is 0 Å². The van der Waals surface area contributed by atoms with E-state index < -0.39 is 10.0 Å². The molecule has 0 saturated heterocycles. The highest BCUT2D eigenvalue weighted by Gasteiger charge is 2.15. The summed E-state index contributed by atoms with van der Waals surface area (Å²) < 4.78 is 39.0. The van der Waals surface area contributed by atoms with Gasteiger partial charge in [-0.1, -0.05) is 12.1 Å². The molecule has 19 heavy (non-hydrogen) atoms. The van der Waals surface area contributed by atoms with E-state index in [0.29, 0.717) is 10.4 Å². The van der Waals surface area contributed by atoms with Crippen LogP contribution in [0.4, 0.5) is 4.39 Å². The van der Waals surface area contributed by atoms with Crippen LogP contribution in [-0.4, -0.2) is 13.5 Å². The van der Waals surface area contributed by atoms with E-state index in [1.165, 1.54) is 47.0 Å². The SMILES string of the molecule is O=S(=O)(NCc1ccc(F)cc1)c1csc(CO)c1. The maximum atomic E-state index is 12.7. The number of nitrogens with one attached hydrogen (secondary N) is 1. The quantitative estimate of drug-likeness (QED) is 0.886. The molecule has 4 nitrogen and oxygen atoms in total. The Balaban J connectivity index is 2.07. The second-order valence-corrected chi connectivity index (χ2v) is 6.62. The van der Waals surface area contributed by atoms with Crippen LogP contribution in [0.3, 0.4) is 0 Å². The molecule has 0 spiro atoms. The molecule has 1 aromatic heterocycles. The predicted molar refractivity (Wildman–Crippen MR) is 70.7 cm³/mol. The Bertz CT molecular complexity index is 650. The molecule has 102 valence electrons. The zero-order valence-electron chi connectivity index (χ0n) is 9.84. The van der Waals surface area contributed by atoms with Crippen LogP contribution >= 0.6 is 11.3 Å². The zero-order valence-corrected chi connectivity index (χ0v) is 11.5. The maximum Gasteiger partial charge on any atom is 0.241 e. The van der Waals surface area contributed by atoms with Crippen LogP contribution < -0.4 is 4.72 Å². The van der Waals surface area contributed by atoms with Gasteiger partial charge in [-0.3, -0.25) is 0 Å². The summed E-state index contributed by atoms with van der Waals surface area (Å²) in [4.78, 5) is 0.714. The highest BCUT2D eigenvalue weighted by Crippen LogP contribution is 2.19. The lowest BCUT2D eigenvalue weighted by Gasteiger charge is -2.05. The minimum atomic E-state index is -3.60. The fraction of sp³-hybridized carbons (Fsp3) is 0.167. The summed E-state index contributed by atoms with van der Waals surface area (Å²) in [5.74, 6) is -0.364. The van der Waals surface area contributed by atoms with Crippen molar-refractivity contribution in [2.45, 2.75) is 18.0 Å². The van der Waals surface area contributed by atoms with Crippen molar-refractivity contribution in [1.82, 2.24) is 4.72 Å². The van der Waals surface area contributed by atoms with Crippen LogP contribution in [-0.2, 0) is 23.2 Å². The number of halogens is 1. The number of rotatable bonds is 5. The van der Waals surface area contributed by atoms with E-state index in [0.717, 1.165) is 0 Å². The summed E-state index contributed by atoms with van der Waals surface area (Å²) in [7, 11) is -3.60. The third-order valence-corrected chi connectivity index (χ3v) is 4.93. The van der Waals surface area contributed by atoms with Crippen LogP contribution in [0.1, 0.15) is 10.4 Å². The Kier molecular flexibility index (Phi) is 4.31. The number of sulfonamides is 1. The highest BCUT2D eigenvalue weighted by molar-refractivity contribution is 7.89. The smallest absolute Gasteiger partial charge is 0.241 e. The van der Waals surface area contributed by atoms with E-state index in [1.54, 1.807) is 0 Å². The van der Waals surface area contributed by atoms with E-state index in [4.69, 9.17) is 5.11 Å². The van der Waals surface area contributed by atoms with Crippen molar-refractivity contribution in [3.8, 4) is 0 Å². The van der Waals surface area contributed by atoms with Gasteiger partial charge in [-0.15, -0.1) is 11.3 Å². The second-order valence-electron chi connectivity index (χ2n) is 3.86. The fourth-order valence-electron chi connectivity index (χ4n) is 1.45. The first-order valence-electron chi connectivity index (χ1n) is 5.43. The molecule has 0 aliphatic rings. The maximum absolute atomic E-state index is 12.7. The molecule has 0 fully saturated rings. The van der Waals surface area contributed by atoms with Crippen LogP contribution in [0, 0.1) is 5.82 Å². The van der Waals surface area contributed by atoms with E-state index in [2.05, 4.69) is 4.72 Å². The Morgan fingerprint density at radius 2 is 1.95 bits per heavy atom. The first kappa shape index (κ1) is 14.1. The summed E-state index contributed by atoms with van der Waals surface area (Å²) in [5.41, 5.74) is 0.669. The van der Waals surface area contributed by atoms with E-state index in [-0.39, 0.29) is 23.9 Å².